The fraction of sp³-hybridized carbons (Fsp3) is 0.190. The lowest BCUT2D eigenvalue weighted by Gasteiger charge is -2.17. The van der Waals surface area contributed by atoms with Crippen LogP contribution < -0.4 is 15.8 Å². The van der Waals surface area contributed by atoms with Gasteiger partial charge in [0.25, 0.3) is 12.4 Å². The number of carbonyl (C=O) groups excluding carboxylic acids is 1. The van der Waals surface area contributed by atoms with Gasteiger partial charge in [-0.2, -0.15) is 0 Å². The van der Waals surface area contributed by atoms with Crippen molar-refractivity contribution in [3.05, 3.63) is 53.2 Å². The van der Waals surface area contributed by atoms with Crippen molar-refractivity contribution in [1.29, 1.82) is 0 Å². The Labute approximate surface area is 176 Å². The molecule has 2 heterocycles. The van der Waals surface area contributed by atoms with Crippen molar-refractivity contribution in [2.75, 3.05) is 18.2 Å². The first-order valence-electron chi connectivity index (χ1n) is 9.03. The summed E-state index contributed by atoms with van der Waals surface area (Å²) < 4.78 is 17.7. The zero-order chi connectivity index (χ0) is 21.8. The predicted octanol–water partition coefficient (Wildman–Crippen LogP) is 2.76. The van der Waals surface area contributed by atoms with E-state index in [9.17, 15) is 9.35 Å². The molecular formula is C21H21N3O5S. The molecule has 3 aromatic rings. The number of aromatic nitrogens is 1. The zero-order valence-electron chi connectivity index (χ0n) is 16.5. The molecular weight excluding hydrogens is 406 g/mol. The second-order valence-electron chi connectivity index (χ2n) is 6.61. The highest BCUT2D eigenvalue weighted by Crippen LogP contribution is 2.37. The summed E-state index contributed by atoms with van der Waals surface area (Å²) in [5, 5.41) is 11.0. The minimum atomic E-state index is -1.16. The molecule has 0 radical (unpaired) electrons. The van der Waals surface area contributed by atoms with E-state index in [0.717, 1.165) is 34.5 Å². The molecule has 1 unspecified atom stereocenters. The summed E-state index contributed by atoms with van der Waals surface area (Å²) >= 11 is -1.16. The van der Waals surface area contributed by atoms with Gasteiger partial charge in [0, 0.05) is 35.3 Å². The summed E-state index contributed by atoms with van der Waals surface area (Å²) in [6.07, 6.45) is 3.90. The number of aryl methyl sites for hydroxylation is 1. The average Bonchev–Trinajstić information content (AvgIpc) is 3.18. The molecule has 0 saturated carbocycles. The van der Waals surface area contributed by atoms with Gasteiger partial charge in [0.05, 0.1) is 23.4 Å². The van der Waals surface area contributed by atoms with Crippen molar-refractivity contribution in [3.63, 3.8) is 0 Å². The summed E-state index contributed by atoms with van der Waals surface area (Å²) in [4.78, 5) is 25.5. The van der Waals surface area contributed by atoms with Gasteiger partial charge < -0.3 is 25.4 Å². The van der Waals surface area contributed by atoms with Crippen molar-refractivity contribution in [3.8, 4) is 5.75 Å². The number of nitrogens with one attached hydrogen (secondary N) is 1. The smallest absolute Gasteiger partial charge is 0.290 e. The summed E-state index contributed by atoms with van der Waals surface area (Å²) in [5.41, 5.74) is 10.0. The van der Waals surface area contributed by atoms with Gasteiger partial charge in [-0.05, 0) is 41.9 Å². The van der Waals surface area contributed by atoms with Gasteiger partial charge in [-0.25, -0.2) is 0 Å². The number of carboxylic acid groups (broad SMARTS) is 1. The van der Waals surface area contributed by atoms with Crippen LogP contribution in [-0.4, -0.2) is 39.9 Å². The van der Waals surface area contributed by atoms with Crippen LogP contribution in [0.2, 0.25) is 0 Å². The summed E-state index contributed by atoms with van der Waals surface area (Å²) in [5.74, 6) is 0.266. The van der Waals surface area contributed by atoms with Gasteiger partial charge in [0.1, 0.15) is 12.0 Å². The molecule has 156 valence electrons. The molecule has 1 aliphatic heterocycles. The molecule has 1 aromatic heterocycles. The minimum Gasteiger partial charge on any atom is -0.612 e. The first kappa shape index (κ1) is 21.4. The Bertz CT molecular complexity index is 1120. The predicted molar refractivity (Wildman–Crippen MR) is 115 cm³/mol. The van der Waals surface area contributed by atoms with Crippen LogP contribution in [0.1, 0.15) is 21.5 Å². The van der Waals surface area contributed by atoms with Gasteiger partial charge in [-0.3, -0.25) is 14.6 Å². The van der Waals surface area contributed by atoms with Crippen LogP contribution in [0, 0.1) is 6.92 Å². The lowest BCUT2D eigenvalue weighted by Crippen LogP contribution is -2.15. The standard InChI is InChI=1S/C20H19N3O3S.CH2O2/c1-11-8-12(27(2)25)9-14-18(11)22-10-15(20(21)24)19(14)23-16-4-3-5-17-13(16)6-7-26-17;2-1-3/h3-5,8-10H,6-7H2,1-2H3,(H2,21,24)(H,22,23);1H,(H,2,3). The summed E-state index contributed by atoms with van der Waals surface area (Å²) in [6.45, 7) is 2.29. The van der Waals surface area contributed by atoms with Crippen LogP contribution in [0.15, 0.2) is 41.4 Å². The molecule has 0 saturated heterocycles. The van der Waals surface area contributed by atoms with E-state index in [-0.39, 0.29) is 12.0 Å². The highest BCUT2D eigenvalue weighted by Gasteiger charge is 2.21. The van der Waals surface area contributed by atoms with Crippen LogP contribution in [0.3, 0.4) is 0 Å². The molecule has 2 aromatic carbocycles. The van der Waals surface area contributed by atoms with Gasteiger partial charge in [-0.1, -0.05) is 6.07 Å². The number of hydrogen-bond acceptors (Lipinski definition) is 6. The number of pyridine rings is 1. The lowest BCUT2D eigenvalue weighted by molar-refractivity contribution is -0.122. The topological polar surface area (TPSA) is 138 Å². The molecule has 1 atom stereocenters. The molecule has 1 amide bonds. The van der Waals surface area contributed by atoms with Crippen LogP contribution in [0.5, 0.6) is 5.75 Å². The van der Waals surface area contributed by atoms with E-state index < -0.39 is 17.1 Å². The van der Waals surface area contributed by atoms with Crippen molar-refractivity contribution in [2.24, 2.45) is 5.73 Å². The Morgan fingerprint density at radius 2 is 2.13 bits per heavy atom. The van der Waals surface area contributed by atoms with Crippen molar-refractivity contribution < 1.29 is 24.0 Å². The van der Waals surface area contributed by atoms with Crippen LogP contribution in [0.25, 0.3) is 10.9 Å². The Balaban J connectivity index is 0.000000806. The maximum absolute atomic E-state index is 12.1. The van der Waals surface area contributed by atoms with E-state index in [0.29, 0.717) is 22.6 Å². The number of amides is 1. The third-order valence-electron chi connectivity index (χ3n) is 4.74. The Morgan fingerprint density at radius 1 is 1.40 bits per heavy atom. The number of nitrogens with zero attached hydrogens (tertiary/aromatic N) is 1. The summed E-state index contributed by atoms with van der Waals surface area (Å²) in [6, 6.07) is 9.43. The largest absolute Gasteiger partial charge is 0.612 e. The second-order valence-corrected chi connectivity index (χ2v) is 7.99. The minimum absolute atomic E-state index is 0.250. The fourth-order valence-electron chi connectivity index (χ4n) is 3.41. The van der Waals surface area contributed by atoms with Crippen LogP contribution in [-0.2, 0) is 22.4 Å². The molecule has 9 heteroatoms. The van der Waals surface area contributed by atoms with E-state index in [1.807, 2.05) is 31.2 Å². The number of benzene rings is 2. The maximum atomic E-state index is 12.1. The number of fused-ring (bicyclic) bond motifs is 2. The third-order valence-corrected chi connectivity index (χ3v) is 5.63. The van der Waals surface area contributed by atoms with E-state index in [1.165, 1.54) is 6.20 Å². The van der Waals surface area contributed by atoms with Gasteiger partial charge in [-0.15, -0.1) is 0 Å². The molecule has 30 heavy (non-hydrogen) atoms. The summed E-state index contributed by atoms with van der Waals surface area (Å²) in [7, 11) is 0. The second kappa shape index (κ2) is 9.02. The first-order valence-corrected chi connectivity index (χ1v) is 10.6. The van der Waals surface area contributed by atoms with Crippen molar-refractivity contribution in [1.82, 2.24) is 4.98 Å². The fourth-order valence-corrected chi connectivity index (χ4v) is 4.03. The Morgan fingerprint density at radius 3 is 2.80 bits per heavy atom. The first-order chi connectivity index (χ1) is 14.4. The van der Waals surface area contributed by atoms with E-state index in [4.69, 9.17) is 20.4 Å². The number of ether oxygens (including phenoxy) is 1. The molecule has 4 rings (SSSR count). The highest BCUT2D eigenvalue weighted by molar-refractivity contribution is 7.90. The maximum Gasteiger partial charge on any atom is 0.290 e. The molecule has 1 aliphatic rings. The van der Waals surface area contributed by atoms with Gasteiger partial charge in [0.2, 0.25) is 0 Å². The molecule has 0 spiro atoms. The number of hydrogen-bond donors (Lipinski definition) is 3. The lowest BCUT2D eigenvalue weighted by atomic mass is 10.0. The number of nitrogens with two attached hydrogens (primary N) is 1. The monoisotopic (exact) mass is 427 g/mol. The molecule has 0 aliphatic carbocycles. The highest BCUT2D eigenvalue weighted by atomic mass is 32.2. The number of anilines is 2. The van der Waals surface area contributed by atoms with Crippen LogP contribution in [0.4, 0.5) is 11.4 Å². The number of rotatable bonds is 4. The normalized spacial score (nSPS) is 12.9. The number of carbonyl (C=O) groups is 2. The Kier molecular flexibility index (Phi) is 6.43. The SMILES string of the molecule is Cc1cc([S+](C)[O-])cc2c(Nc3cccc4c3CCO4)c(C(N)=O)cnc12.O=CO. The molecule has 8 nitrogen and oxygen atoms in total. The zero-order valence-corrected chi connectivity index (χ0v) is 17.3. The van der Waals surface area contributed by atoms with E-state index in [1.54, 1.807) is 12.3 Å². The van der Waals surface area contributed by atoms with Gasteiger partial charge in [0.15, 0.2) is 4.90 Å². The molecule has 0 bridgehead atoms. The van der Waals surface area contributed by atoms with Crippen molar-refractivity contribution in [2.45, 2.75) is 18.2 Å². The van der Waals surface area contributed by atoms with E-state index >= 15 is 0 Å². The average molecular weight is 427 g/mol. The number of primary amides is 1. The Hall–Kier alpha value is -3.30. The molecule has 0 fully saturated rings. The van der Waals surface area contributed by atoms with E-state index in [2.05, 4.69) is 10.3 Å². The van der Waals surface area contributed by atoms with Crippen molar-refractivity contribution >= 4 is 45.8 Å². The molecule has 4 N–H and O–H groups in total. The third kappa shape index (κ3) is 4.17. The van der Waals surface area contributed by atoms with Crippen LogP contribution >= 0.6 is 0 Å². The quantitative estimate of drug-likeness (QED) is 0.430. The van der Waals surface area contributed by atoms with Gasteiger partial charge >= 0.3 is 0 Å².